The van der Waals surface area contributed by atoms with E-state index in [1.807, 2.05) is 80.8 Å². The second-order valence-electron chi connectivity index (χ2n) is 19.0. The van der Waals surface area contributed by atoms with E-state index in [9.17, 15) is 23.6 Å². The van der Waals surface area contributed by atoms with Crippen LogP contribution < -0.4 is 20.1 Å². The van der Waals surface area contributed by atoms with Crippen molar-refractivity contribution in [2.45, 2.75) is 104 Å². The van der Waals surface area contributed by atoms with Crippen molar-refractivity contribution in [2.75, 3.05) is 27.3 Å². The number of alkyl carbamates (subject to hydrolysis) is 2. The molecular weight excluding hydrogens is 917 g/mol. The highest BCUT2D eigenvalue weighted by molar-refractivity contribution is 5.93. The molecule has 8 rings (SSSR count). The van der Waals surface area contributed by atoms with Gasteiger partial charge in [0, 0.05) is 28.6 Å². The molecule has 4 N–H and O–H groups in total. The molecule has 6 aromatic rings. The van der Waals surface area contributed by atoms with Gasteiger partial charge < -0.3 is 53.9 Å². The number of likely N-dealkylation sites (tertiary alicyclic amines) is 1. The predicted octanol–water partition coefficient (Wildman–Crippen LogP) is 9.07. The Morgan fingerprint density at radius 2 is 1.56 bits per heavy atom. The standard InChI is InChI=1S/C52H61F2N9O8/c1-27(2)45(59-51(66)68-8)48(64)61(25-30(7)53)26-43-55-23-37(57-43)31-15-16-39-34(18-31)21-41-44-36(54)20-33(22-42(44)71-50(63(39)41)32-12-10-13-35(19-32)70-29(5)6)38-24-56-47(58-38)40-14-11-17-62(40)49(65)46(28(3)4)60-52(67)69-9/h10,12-13,15-16,18-24,27-30,40,45-46,50H,11,14,17,25-26H2,1-9H3,(H,55,57)(H,56,58)(H,59,66)(H,60,67). The van der Waals surface area contributed by atoms with E-state index in [1.165, 1.54) is 32.1 Å². The number of alkyl halides is 1. The van der Waals surface area contributed by atoms with Crippen molar-refractivity contribution in [1.82, 2.24) is 44.9 Å². The van der Waals surface area contributed by atoms with Crippen LogP contribution >= 0.6 is 0 Å². The van der Waals surface area contributed by atoms with Crippen LogP contribution in [-0.2, 0) is 25.6 Å². The Labute approximate surface area is 410 Å². The van der Waals surface area contributed by atoms with E-state index in [1.54, 1.807) is 37.2 Å². The molecule has 1 saturated heterocycles. The second-order valence-corrected chi connectivity index (χ2v) is 19.0. The zero-order valence-corrected chi connectivity index (χ0v) is 41.3. The maximum absolute atomic E-state index is 17.0. The van der Waals surface area contributed by atoms with Crippen molar-refractivity contribution in [1.29, 1.82) is 0 Å². The van der Waals surface area contributed by atoms with Crippen molar-refractivity contribution in [3.8, 4) is 45.3 Å². The first-order chi connectivity index (χ1) is 33.9. The maximum Gasteiger partial charge on any atom is 0.407 e. The number of methoxy groups -OCH3 is 2. The molecule has 376 valence electrons. The number of aromatic amines is 2. The van der Waals surface area contributed by atoms with Gasteiger partial charge in [0.05, 0.1) is 80.0 Å². The summed E-state index contributed by atoms with van der Waals surface area (Å²) in [6.07, 6.45) is 0.998. The van der Waals surface area contributed by atoms with E-state index < -0.39 is 54.4 Å². The van der Waals surface area contributed by atoms with Gasteiger partial charge in [0.15, 0.2) is 0 Å². The lowest BCUT2D eigenvalue weighted by molar-refractivity contribution is -0.136. The summed E-state index contributed by atoms with van der Waals surface area (Å²) in [6, 6.07) is 16.4. The first-order valence-electron chi connectivity index (χ1n) is 23.9. The smallest absolute Gasteiger partial charge is 0.407 e. The Bertz CT molecular complexity index is 2930. The summed E-state index contributed by atoms with van der Waals surface area (Å²) in [6.45, 7) is 12.7. The third-order valence-corrected chi connectivity index (χ3v) is 12.7. The fraction of sp³-hybridized carbons (Fsp3) is 0.423. The summed E-state index contributed by atoms with van der Waals surface area (Å²) in [5, 5.41) is 6.02. The Kier molecular flexibility index (Phi) is 14.7. The number of carbonyl (C=O) groups is 4. The summed E-state index contributed by atoms with van der Waals surface area (Å²) in [5.41, 5.74) is 4.76. The molecule has 19 heteroatoms. The molecule has 5 atom stereocenters. The number of nitrogens with one attached hydrogen (secondary N) is 4. The number of ether oxygens (including phenoxy) is 4. The van der Waals surface area contributed by atoms with Gasteiger partial charge in [-0.25, -0.2) is 28.3 Å². The molecule has 0 radical (unpaired) electrons. The van der Waals surface area contributed by atoms with E-state index in [0.29, 0.717) is 58.8 Å². The zero-order chi connectivity index (χ0) is 50.8. The molecule has 3 aromatic carbocycles. The fourth-order valence-electron chi connectivity index (χ4n) is 9.38. The number of nitrogens with zero attached hydrogens (tertiary/aromatic N) is 5. The molecule has 0 saturated carbocycles. The van der Waals surface area contributed by atoms with Gasteiger partial charge >= 0.3 is 12.2 Å². The summed E-state index contributed by atoms with van der Waals surface area (Å²) >= 11 is 0. The van der Waals surface area contributed by atoms with Crippen molar-refractivity contribution in [2.24, 2.45) is 11.8 Å². The van der Waals surface area contributed by atoms with Gasteiger partial charge in [0.2, 0.25) is 18.0 Å². The molecule has 0 aliphatic carbocycles. The largest absolute Gasteiger partial charge is 0.491 e. The number of H-pyrrole nitrogens is 2. The van der Waals surface area contributed by atoms with Gasteiger partial charge in [-0.1, -0.05) is 45.9 Å². The second kappa shape index (κ2) is 20.9. The number of hydrogen-bond acceptors (Lipinski definition) is 10. The highest BCUT2D eigenvalue weighted by Gasteiger charge is 2.38. The van der Waals surface area contributed by atoms with Crippen LogP contribution in [0.15, 0.2) is 73.1 Å². The molecule has 5 unspecified atom stereocenters. The Morgan fingerprint density at radius 1 is 0.859 bits per heavy atom. The number of carbonyl (C=O) groups excluding carboxylic acids is 4. The Morgan fingerprint density at radius 3 is 2.25 bits per heavy atom. The van der Waals surface area contributed by atoms with Crippen LogP contribution in [0.2, 0.25) is 0 Å². The third-order valence-electron chi connectivity index (χ3n) is 12.7. The van der Waals surface area contributed by atoms with E-state index in [-0.39, 0.29) is 42.5 Å². The number of benzene rings is 3. The maximum atomic E-state index is 17.0. The minimum atomic E-state index is -1.35. The molecule has 4 amide bonds. The first-order valence-corrected chi connectivity index (χ1v) is 23.9. The van der Waals surface area contributed by atoms with Crippen molar-refractivity contribution < 1.29 is 46.9 Å². The summed E-state index contributed by atoms with van der Waals surface area (Å²) < 4.78 is 55.9. The minimum Gasteiger partial charge on any atom is -0.491 e. The minimum absolute atomic E-state index is 0.0495. The van der Waals surface area contributed by atoms with Crippen LogP contribution in [-0.4, -0.2) is 110 Å². The highest BCUT2D eigenvalue weighted by atomic mass is 19.1. The quantitative estimate of drug-likeness (QED) is 0.0726. The summed E-state index contributed by atoms with van der Waals surface area (Å²) in [7, 11) is 2.46. The molecule has 2 aliphatic rings. The predicted molar refractivity (Wildman–Crippen MR) is 261 cm³/mol. The molecule has 17 nitrogen and oxygen atoms in total. The van der Waals surface area contributed by atoms with Crippen LogP contribution in [0.25, 0.3) is 44.7 Å². The Hall–Kier alpha value is -7.44. The van der Waals surface area contributed by atoms with Gasteiger partial charge in [0.25, 0.3) is 0 Å². The Balaban J connectivity index is 1.13. The molecule has 3 aromatic heterocycles. The number of amides is 4. The van der Waals surface area contributed by atoms with Gasteiger partial charge in [-0.2, -0.15) is 0 Å². The van der Waals surface area contributed by atoms with Gasteiger partial charge in [-0.3, -0.25) is 9.59 Å². The third kappa shape index (κ3) is 10.5. The zero-order valence-electron chi connectivity index (χ0n) is 41.3. The molecule has 2 aliphatic heterocycles. The lowest BCUT2D eigenvalue weighted by Gasteiger charge is -2.31. The van der Waals surface area contributed by atoms with Crippen LogP contribution in [0.4, 0.5) is 18.4 Å². The van der Waals surface area contributed by atoms with Gasteiger partial charge in [-0.15, -0.1) is 0 Å². The monoisotopic (exact) mass is 977 g/mol. The first kappa shape index (κ1) is 50.0. The number of imidazole rings is 2. The number of aromatic nitrogens is 5. The summed E-state index contributed by atoms with van der Waals surface area (Å²) in [4.78, 5) is 70.7. The number of hydrogen-bond donors (Lipinski definition) is 4. The van der Waals surface area contributed by atoms with E-state index in [2.05, 4.69) is 30.6 Å². The van der Waals surface area contributed by atoms with Crippen LogP contribution in [0.1, 0.15) is 90.8 Å². The number of fused-ring (bicyclic) bond motifs is 5. The molecule has 5 heterocycles. The number of rotatable bonds is 16. The molecule has 1 fully saturated rings. The van der Waals surface area contributed by atoms with Gasteiger partial charge in [0.1, 0.15) is 47.2 Å². The molecule has 71 heavy (non-hydrogen) atoms. The van der Waals surface area contributed by atoms with Crippen LogP contribution in [0.5, 0.6) is 11.5 Å². The summed E-state index contributed by atoms with van der Waals surface area (Å²) in [5.74, 6) is 0.149. The van der Waals surface area contributed by atoms with Crippen molar-refractivity contribution in [3.63, 3.8) is 0 Å². The molecule has 0 bridgehead atoms. The number of halogens is 2. The fourth-order valence-corrected chi connectivity index (χ4v) is 9.38. The lowest BCUT2D eigenvalue weighted by Crippen LogP contribution is -2.52. The van der Waals surface area contributed by atoms with E-state index >= 15 is 4.39 Å². The normalized spacial score (nSPS) is 16.6. The molecular formula is C52H61F2N9O8. The average molecular weight is 978 g/mol. The van der Waals surface area contributed by atoms with Crippen LogP contribution in [0.3, 0.4) is 0 Å². The lowest BCUT2D eigenvalue weighted by atomic mass is 10.0. The van der Waals surface area contributed by atoms with Crippen molar-refractivity contribution >= 4 is 34.9 Å². The van der Waals surface area contributed by atoms with Gasteiger partial charge in [-0.05, 0) is 87.9 Å². The topological polar surface area (TPSA) is 198 Å². The van der Waals surface area contributed by atoms with Crippen LogP contribution in [0, 0.1) is 17.7 Å². The SMILES string of the molecule is COC(=O)NC(C(=O)N(Cc1ncc(-c2ccc3c(c2)cc2n3C(c3cccc(OC(C)C)c3)Oc3cc(-c4cnc(C5CCCN5C(=O)C(NC(=O)OC)C(C)C)[nH]4)cc(F)c3-2)[nH]1)CC(C)F)C(C)C. The average Bonchev–Trinajstić information content (AvgIpc) is 4.17. The van der Waals surface area contributed by atoms with Crippen molar-refractivity contribution in [3.05, 3.63) is 96.1 Å². The highest BCUT2D eigenvalue weighted by Crippen LogP contribution is 2.48. The van der Waals surface area contributed by atoms with E-state index in [0.717, 1.165) is 28.5 Å². The van der Waals surface area contributed by atoms with E-state index in [4.69, 9.17) is 18.9 Å². The molecule has 0 spiro atoms.